The van der Waals surface area contributed by atoms with E-state index in [1.54, 1.807) is 13.1 Å². The highest BCUT2D eigenvalue weighted by atomic mass is 16.5. The highest BCUT2D eigenvalue weighted by Crippen LogP contribution is 2.16. The van der Waals surface area contributed by atoms with Gasteiger partial charge in [0.05, 0.1) is 6.54 Å². The van der Waals surface area contributed by atoms with Gasteiger partial charge in [0.15, 0.2) is 6.61 Å². The molecule has 0 aliphatic carbocycles. The molecule has 0 fully saturated rings. The number of rotatable bonds is 7. The van der Waals surface area contributed by atoms with Crippen LogP contribution in [0.5, 0.6) is 5.75 Å². The predicted octanol–water partition coefficient (Wildman–Crippen LogP) is 0.507. The summed E-state index contributed by atoms with van der Waals surface area (Å²) in [5, 5.41) is 2.73. The van der Waals surface area contributed by atoms with Crippen LogP contribution >= 0.6 is 0 Å². The van der Waals surface area contributed by atoms with Crippen molar-refractivity contribution >= 4 is 11.8 Å². The van der Waals surface area contributed by atoms with Gasteiger partial charge in [-0.1, -0.05) is 18.2 Å². The minimum atomic E-state index is -0.263. The number of para-hydroxylation sites is 1. The number of benzene rings is 1. The molecule has 21 heavy (non-hydrogen) atoms. The molecule has 6 nitrogen and oxygen atoms in total. The number of ether oxygens (including phenoxy) is 1. The van der Waals surface area contributed by atoms with Gasteiger partial charge in [-0.2, -0.15) is 0 Å². The van der Waals surface area contributed by atoms with Crippen LogP contribution in [0.4, 0.5) is 0 Å². The Balaban J connectivity index is 2.47. The van der Waals surface area contributed by atoms with Crippen molar-refractivity contribution in [3.63, 3.8) is 0 Å². The van der Waals surface area contributed by atoms with Crippen molar-refractivity contribution in [2.75, 3.05) is 20.2 Å². The van der Waals surface area contributed by atoms with E-state index in [4.69, 9.17) is 10.5 Å². The molecular weight excluding hydrogens is 270 g/mol. The van der Waals surface area contributed by atoms with Crippen LogP contribution in [0, 0.1) is 0 Å². The Labute approximate surface area is 125 Å². The molecule has 3 N–H and O–H groups in total. The summed E-state index contributed by atoms with van der Waals surface area (Å²) in [6.45, 7) is 3.97. The Morgan fingerprint density at radius 3 is 2.62 bits per heavy atom. The van der Waals surface area contributed by atoms with Crippen LogP contribution in [-0.2, 0) is 16.1 Å². The fraction of sp³-hybridized carbons (Fsp3) is 0.467. The number of carbonyl (C=O) groups is 2. The molecular formula is C15H23N3O3. The number of hydrogen-bond donors (Lipinski definition) is 2. The topological polar surface area (TPSA) is 84.7 Å². The van der Waals surface area contributed by atoms with Crippen molar-refractivity contribution in [3.05, 3.63) is 29.8 Å². The molecule has 116 valence electrons. The van der Waals surface area contributed by atoms with Crippen LogP contribution in [-0.4, -0.2) is 43.0 Å². The number of nitrogens with zero attached hydrogens (tertiary/aromatic N) is 1. The standard InChI is InChI=1S/C15H23N3O3/c1-11(2)17-14(19)9-18(3)15(20)10-21-13-7-5-4-6-12(13)8-16/h4-7,11H,8-10,16H2,1-3H3,(H,17,19). The average molecular weight is 293 g/mol. The molecule has 0 radical (unpaired) electrons. The summed E-state index contributed by atoms with van der Waals surface area (Å²) < 4.78 is 5.47. The summed E-state index contributed by atoms with van der Waals surface area (Å²) >= 11 is 0. The number of nitrogens with two attached hydrogens (primary N) is 1. The Hall–Kier alpha value is -2.08. The molecule has 0 spiro atoms. The molecule has 1 aromatic rings. The SMILES string of the molecule is CC(C)NC(=O)CN(C)C(=O)COc1ccccc1CN. The summed E-state index contributed by atoms with van der Waals surface area (Å²) in [6.07, 6.45) is 0. The average Bonchev–Trinajstić information content (AvgIpc) is 2.43. The first-order valence-corrected chi connectivity index (χ1v) is 6.88. The fourth-order valence-electron chi connectivity index (χ4n) is 1.73. The summed E-state index contributed by atoms with van der Waals surface area (Å²) in [7, 11) is 1.57. The summed E-state index contributed by atoms with van der Waals surface area (Å²) in [5.41, 5.74) is 6.44. The van der Waals surface area contributed by atoms with Crippen LogP contribution in [0.25, 0.3) is 0 Å². The lowest BCUT2D eigenvalue weighted by molar-refractivity contribution is -0.136. The van der Waals surface area contributed by atoms with E-state index < -0.39 is 0 Å². The largest absolute Gasteiger partial charge is 0.483 e. The van der Waals surface area contributed by atoms with E-state index in [1.807, 2.05) is 32.0 Å². The molecule has 0 aliphatic rings. The van der Waals surface area contributed by atoms with E-state index in [1.165, 1.54) is 4.90 Å². The van der Waals surface area contributed by atoms with Crippen molar-refractivity contribution in [2.24, 2.45) is 5.73 Å². The quantitative estimate of drug-likeness (QED) is 0.767. The third-order valence-corrected chi connectivity index (χ3v) is 2.80. The summed E-state index contributed by atoms with van der Waals surface area (Å²) in [4.78, 5) is 24.8. The monoisotopic (exact) mass is 293 g/mol. The maximum atomic E-state index is 11.9. The summed E-state index contributed by atoms with van der Waals surface area (Å²) in [5.74, 6) is 0.136. The third-order valence-electron chi connectivity index (χ3n) is 2.80. The summed E-state index contributed by atoms with van der Waals surface area (Å²) in [6, 6.07) is 7.34. The predicted molar refractivity (Wildman–Crippen MR) is 80.7 cm³/mol. The molecule has 1 rings (SSSR count). The molecule has 0 aromatic heterocycles. The first-order valence-electron chi connectivity index (χ1n) is 6.88. The van der Waals surface area contributed by atoms with Gasteiger partial charge in [0.25, 0.3) is 5.91 Å². The molecule has 0 atom stereocenters. The molecule has 0 heterocycles. The number of carbonyl (C=O) groups excluding carboxylic acids is 2. The molecule has 0 aliphatic heterocycles. The highest BCUT2D eigenvalue weighted by Gasteiger charge is 2.14. The van der Waals surface area contributed by atoms with Crippen LogP contribution in [0.2, 0.25) is 0 Å². The molecule has 2 amide bonds. The van der Waals surface area contributed by atoms with Crippen LogP contribution < -0.4 is 15.8 Å². The lowest BCUT2D eigenvalue weighted by Gasteiger charge is -2.18. The van der Waals surface area contributed by atoms with Gasteiger partial charge in [0, 0.05) is 25.2 Å². The Bertz CT molecular complexity index is 489. The van der Waals surface area contributed by atoms with E-state index in [9.17, 15) is 9.59 Å². The van der Waals surface area contributed by atoms with Gasteiger partial charge in [-0.3, -0.25) is 9.59 Å². The zero-order valence-corrected chi connectivity index (χ0v) is 12.8. The van der Waals surface area contributed by atoms with Gasteiger partial charge < -0.3 is 20.7 Å². The Morgan fingerprint density at radius 2 is 2.00 bits per heavy atom. The zero-order valence-electron chi connectivity index (χ0n) is 12.8. The molecule has 1 aromatic carbocycles. The van der Waals surface area contributed by atoms with Crippen LogP contribution in [0.1, 0.15) is 19.4 Å². The maximum absolute atomic E-state index is 11.9. The number of hydrogen-bond acceptors (Lipinski definition) is 4. The van der Waals surface area contributed by atoms with Gasteiger partial charge >= 0.3 is 0 Å². The van der Waals surface area contributed by atoms with Gasteiger partial charge in [0.2, 0.25) is 5.91 Å². The molecule has 0 saturated carbocycles. The normalized spacial score (nSPS) is 10.3. The first kappa shape index (κ1) is 17.0. The maximum Gasteiger partial charge on any atom is 0.260 e. The fourth-order valence-corrected chi connectivity index (χ4v) is 1.73. The zero-order chi connectivity index (χ0) is 15.8. The van der Waals surface area contributed by atoms with E-state index in [-0.39, 0.29) is 31.0 Å². The lowest BCUT2D eigenvalue weighted by atomic mass is 10.2. The van der Waals surface area contributed by atoms with Crippen molar-refractivity contribution in [3.8, 4) is 5.75 Å². The third kappa shape index (κ3) is 5.83. The van der Waals surface area contributed by atoms with Gasteiger partial charge in [-0.25, -0.2) is 0 Å². The second-order valence-corrected chi connectivity index (χ2v) is 5.07. The second-order valence-electron chi connectivity index (χ2n) is 5.07. The number of amides is 2. The number of likely N-dealkylation sites (N-methyl/N-ethyl adjacent to an activating group) is 1. The van der Waals surface area contributed by atoms with Gasteiger partial charge in [-0.15, -0.1) is 0 Å². The van der Waals surface area contributed by atoms with E-state index >= 15 is 0 Å². The van der Waals surface area contributed by atoms with Crippen LogP contribution in [0.3, 0.4) is 0 Å². The molecule has 0 bridgehead atoms. The van der Waals surface area contributed by atoms with E-state index in [2.05, 4.69) is 5.32 Å². The molecule has 6 heteroatoms. The van der Waals surface area contributed by atoms with Gasteiger partial charge in [0.1, 0.15) is 5.75 Å². The van der Waals surface area contributed by atoms with Crippen molar-refractivity contribution in [1.82, 2.24) is 10.2 Å². The van der Waals surface area contributed by atoms with Gasteiger partial charge in [-0.05, 0) is 19.9 Å². The molecule has 0 saturated heterocycles. The van der Waals surface area contributed by atoms with Crippen molar-refractivity contribution < 1.29 is 14.3 Å². The second kappa shape index (κ2) is 8.26. The smallest absolute Gasteiger partial charge is 0.260 e. The van der Waals surface area contributed by atoms with Crippen molar-refractivity contribution in [2.45, 2.75) is 26.4 Å². The van der Waals surface area contributed by atoms with Crippen molar-refractivity contribution in [1.29, 1.82) is 0 Å². The van der Waals surface area contributed by atoms with Crippen LogP contribution in [0.15, 0.2) is 24.3 Å². The van der Waals surface area contributed by atoms with E-state index in [0.29, 0.717) is 12.3 Å². The lowest BCUT2D eigenvalue weighted by Crippen LogP contribution is -2.42. The highest BCUT2D eigenvalue weighted by molar-refractivity contribution is 5.85. The Morgan fingerprint density at radius 1 is 1.33 bits per heavy atom. The molecule has 0 unspecified atom stereocenters. The Kier molecular flexibility index (Phi) is 6.68. The number of nitrogens with one attached hydrogen (secondary N) is 1. The van der Waals surface area contributed by atoms with E-state index in [0.717, 1.165) is 5.56 Å². The first-order chi connectivity index (χ1) is 9.93. The minimum absolute atomic E-state index is 0.0128. The minimum Gasteiger partial charge on any atom is -0.483 e.